The van der Waals surface area contributed by atoms with Crippen molar-refractivity contribution in [2.75, 3.05) is 11.9 Å². The van der Waals surface area contributed by atoms with Gasteiger partial charge in [0.25, 0.3) is 0 Å². The Morgan fingerprint density at radius 2 is 1.80 bits per heavy atom. The Labute approximate surface area is 119 Å². The number of nitrogens with zero attached hydrogens (tertiary/aromatic N) is 2. The minimum Gasteiger partial charge on any atom is -0.314 e. The van der Waals surface area contributed by atoms with Crippen LogP contribution < -0.4 is 4.90 Å². The van der Waals surface area contributed by atoms with E-state index in [0.29, 0.717) is 0 Å². The van der Waals surface area contributed by atoms with Crippen molar-refractivity contribution in [3.05, 3.63) is 42.5 Å². The van der Waals surface area contributed by atoms with E-state index in [1.54, 1.807) is 11.9 Å². The first-order valence-corrected chi connectivity index (χ1v) is 6.70. The van der Waals surface area contributed by atoms with Gasteiger partial charge in [0.2, 0.25) is 5.91 Å². The smallest absolute Gasteiger partial charge is 0.244 e. The van der Waals surface area contributed by atoms with Gasteiger partial charge in [-0.2, -0.15) is 5.26 Å². The molecule has 0 aliphatic carbocycles. The van der Waals surface area contributed by atoms with Crippen LogP contribution in [0.3, 0.4) is 0 Å². The monoisotopic (exact) mass is 266 g/mol. The number of hydrogen-bond acceptors (Lipinski definition) is 2. The Morgan fingerprint density at radius 1 is 1.15 bits per heavy atom. The molecule has 2 rings (SSSR count). The fourth-order valence-corrected chi connectivity index (χ4v) is 2.21. The molecule has 0 heterocycles. The summed E-state index contributed by atoms with van der Waals surface area (Å²) in [5, 5.41) is 11.4. The molecule has 1 atom stereocenters. The minimum absolute atomic E-state index is 0.00964. The molecule has 1 amide bonds. The van der Waals surface area contributed by atoms with Crippen LogP contribution in [-0.4, -0.2) is 13.0 Å². The summed E-state index contributed by atoms with van der Waals surface area (Å²) in [6.45, 7) is 3.78. The molecule has 3 heteroatoms. The van der Waals surface area contributed by atoms with Crippen LogP contribution in [0.4, 0.5) is 5.69 Å². The van der Waals surface area contributed by atoms with E-state index in [1.165, 1.54) is 0 Å². The van der Waals surface area contributed by atoms with Gasteiger partial charge in [-0.15, -0.1) is 0 Å². The van der Waals surface area contributed by atoms with Crippen molar-refractivity contribution < 1.29 is 4.79 Å². The quantitative estimate of drug-likeness (QED) is 0.852. The lowest BCUT2D eigenvalue weighted by Gasteiger charge is -2.22. The van der Waals surface area contributed by atoms with E-state index in [9.17, 15) is 4.79 Å². The molecule has 3 nitrogen and oxygen atoms in total. The lowest BCUT2D eigenvalue weighted by Crippen LogP contribution is -2.34. The Balaban J connectivity index is 2.33. The predicted octanol–water partition coefficient (Wildman–Crippen LogP) is 3.60. The number of carbonyl (C=O) groups excluding carboxylic acids is 1. The summed E-state index contributed by atoms with van der Waals surface area (Å²) in [4.78, 5) is 13.9. The van der Waals surface area contributed by atoms with Crippen molar-refractivity contribution in [1.29, 1.82) is 5.26 Å². The fraction of sp³-hybridized carbons (Fsp3) is 0.294. The average molecular weight is 266 g/mol. The van der Waals surface area contributed by atoms with Crippen LogP contribution in [-0.2, 0) is 4.79 Å². The highest BCUT2D eigenvalue weighted by Crippen LogP contribution is 2.23. The molecule has 0 radical (unpaired) electrons. The summed E-state index contributed by atoms with van der Waals surface area (Å²) in [5.74, 6) is -0.750. The van der Waals surface area contributed by atoms with E-state index in [0.717, 1.165) is 16.5 Å². The Morgan fingerprint density at radius 3 is 2.40 bits per heavy atom. The highest BCUT2D eigenvalue weighted by atomic mass is 16.2. The van der Waals surface area contributed by atoms with E-state index in [4.69, 9.17) is 5.26 Å². The number of anilines is 1. The summed E-state index contributed by atoms with van der Waals surface area (Å²) in [5.41, 5.74) is 0.814. The number of nitriles is 1. The average Bonchev–Trinajstić information content (AvgIpc) is 2.46. The lowest BCUT2D eigenvalue weighted by atomic mass is 9.96. The second kappa shape index (κ2) is 5.75. The standard InChI is InChI=1S/C17H18N2O/c1-12(2)16(11-18)17(20)19(3)15-9-8-13-6-4-5-7-14(13)10-15/h4-10,12,16H,1-3H3. The number of carbonyl (C=O) groups is 1. The summed E-state index contributed by atoms with van der Waals surface area (Å²) in [7, 11) is 1.72. The first-order chi connectivity index (χ1) is 9.54. The van der Waals surface area contributed by atoms with E-state index in [-0.39, 0.29) is 11.8 Å². The van der Waals surface area contributed by atoms with Crippen molar-refractivity contribution in [3.63, 3.8) is 0 Å². The van der Waals surface area contributed by atoms with Crippen molar-refractivity contribution in [1.82, 2.24) is 0 Å². The van der Waals surface area contributed by atoms with Crippen LogP contribution in [0.2, 0.25) is 0 Å². The van der Waals surface area contributed by atoms with Crippen LogP contribution in [0.15, 0.2) is 42.5 Å². The van der Waals surface area contributed by atoms with Crippen LogP contribution in [0.5, 0.6) is 0 Å². The van der Waals surface area contributed by atoms with E-state index in [2.05, 4.69) is 6.07 Å². The van der Waals surface area contributed by atoms with Crippen molar-refractivity contribution in [2.24, 2.45) is 11.8 Å². The second-order valence-electron chi connectivity index (χ2n) is 5.28. The summed E-state index contributed by atoms with van der Waals surface area (Å²) in [6, 6.07) is 16.0. The van der Waals surface area contributed by atoms with Crippen molar-refractivity contribution in [2.45, 2.75) is 13.8 Å². The van der Waals surface area contributed by atoms with Gasteiger partial charge in [0.05, 0.1) is 6.07 Å². The Kier molecular flexibility index (Phi) is 4.05. The molecule has 2 aromatic carbocycles. The third-order valence-corrected chi connectivity index (χ3v) is 3.52. The molecular formula is C17H18N2O. The fourth-order valence-electron chi connectivity index (χ4n) is 2.21. The zero-order valence-corrected chi connectivity index (χ0v) is 12.0. The normalized spacial score (nSPS) is 12.2. The minimum atomic E-state index is -0.605. The van der Waals surface area contributed by atoms with Gasteiger partial charge >= 0.3 is 0 Å². The van der Waals surface area contributed by atoms with Gasteiger partial charge in [-0.05, 0) is 28.8 Å². The Hall–Kier alpha value is -2.34. The van der Waals surface area contributed by atoms with Crippen molar-refractivity contribution in [3.8, 4) is 6.07 Å². The van der Waals surface area contributed by atoms with Gasteiger partial charge in [0.15, 0.2) is 0 Å². The summed E-state index contributed by atoms with van der Waals surface area (Å²) >= 11 is 0. The first-order valence-electron chi connectivity index (χ1n) is 6.70. The highest BCUT2D eigenvalue weighted by Gasteiger charge is 2.25. The van der Waals surface area contributed by atoms with Crippen LogP contribution in [0.25, 0.3) is 10.8 Å². The molecule has 0 spiro atoms. The molecule has 0 aliphatic rings. The van der Waals surface area contributed by atoms with Crippen LogP contribution >= 0.6 is 0 Å². The van der Waals surface area contributed by atoms with E-state index < -0.39 is 5.92 Å². The Bertz CT molecular complexity index is 670. The van der Waals surface area contributed by atoms with Gasteiger partial charge in [0, 0.05) is 12.7 Å². The molecule has 0 N–H and O–H groups in total. The van der Waals surface area contributed by atoms with Crippen LogP contribution in [0, 0.1) is 23.2 Å². The van der Waals surface area contributed by atoms with Gasteiger partial charge in [-0.25, -0.2) is 0 Å². The number of fused-ring (bicyclic) bond motifs is 1. The molecule has 0 saturated carbocycles. The third kappa shape index (κ3) is 2.65. The SMILES string of the molecule is CC(C)C(C#N)C(=O)N(C)c1ccc2ccccc2c1. The maximum absolute atomic E-state index is 12.4. The number of rotatable bonds is 3. The molecule has 2 aromatic rings. The summed E-state index contributed by atoms with van der Waals surface area (Å²) < 4.78 is 0. The lowest BCUT2D eigenvalue weighted by molar-refractivity contribution is -0.121. The maximum Gasteiger partial charge on any atom is 0.244 e. The molecule has 0 saturated heterocycles. The number of benzene rings is 2. The molecule has 20 heavy (non-hydrogen) atoms. The molecule has 1 unspecified atom stereocenters. The molecule has 0 aliphatic heterocycles. The van der Waals surface area contributed by atoms with E-state index >= 15 is 0 Å². The number of hydrogen-bond donors (Lipinski definition) is 0. The highest BCUT2D eigenvalue weighted by molar-refractivity contribution is 5.98. The first kappa shape index (κ1) is 14.1. The third-order valence-electron chi connectivity index (χ3n) is 3.52. The molecular weight excluding hydrogens is 248 g/mol. The summed E-state index contributed by atoms with van der Waals surface area (Å²) in [6.07, 6.45) is 0. The van der Waals surface area contributed by atoms with Crippen LogP contribution in [0.1, 0.15) is 13.8 Å². The molecule has 0 aromatic heterocycles. The van der Waals surface area contributed by atoms with E-state index in [1.807, 2.05) is 56.3 Å². The van der Waals surface area contributed by atoms with Gasteiger partial charge in [0.1, 0.15) is 5.92 Å². The number of amides is 1. The molecule has 0 bridgehead atoms. The van der Waals surface area contributed by atoms with Gasteiger partial charge in [-0.3, -0.25) is 4.79 Å². The zero-order valence-electron chi connectivity index (χ0n) is 12.0. The topological polar surface area (TPSA) is 44.1 Å². The second-order valence-corrected chi connectivity index (χ2v) is 5.28. The largest absolute Gasteiger partial charge is 0.314 e. The molecule has 102 valence electrons. The molecule has 0 fully saturated rings. The zero-order chi connectivity index (χ0) is 14.7. The van der Waals surface area contributed by atoms with Gasteiger partial charge in [-0.1, -0.05) is 44.2 Å². The van der Waals surface area contributed by atoms with Crippen molar-refractivity contribution >= 4 is 22.4 Å². The maximum atomic E-state index is 12.4. The van der Waals surface area contributed by atoms with Gasteiger partial charge < -0.3 is 4.90 Å². The predicted molar refractivity (Wildman–Crippen MR) is 81.3 cm³/mol.